The van der Waals surface area contributed by atoms with Crippen molar-refractivity contribution in [3.8, 4) is 0 Å². The van der Waals surface area contributed by atoms with Gasteiger partial charge in [0, 0.05) is 12.6 Å². The van der Waals surface area contributed by atoms with Crippen molar-refractivity contribution < 1.29 is 35.9 Å². The zero-order chi connectivity index (χ0) is 22.3. The van der Waals surface area contributed by atoms with Crippen LogP contribution in [0.5, 0.6) is 0 Å². The zero-order valence-electron chi connectivity index (χ0n) is 15.5. The number of esters is 1. The number of aryl methyl sites for hydroxylation is 1. The van der Waals surface area contributed by atoms with Crippen LogP contribution in [0.25, 0.3) is 0 Å². The lowest BCUT2D eigenvalue weighted by molar-refractivity contribution is -0.200. The maximum Gasteiger partial charge on any atom is 0.433 e. The highest BCUT2D eigenvalue weighted by Crippen LogP contribution is 2.41. The maximum atomic E-state index is 13.5. The van der Waals surface area contributed by atoms with Crippen molar-refractivity contribution in [2.45, 2.75) is 44.7 Å². The maximum absolute atomic E-state index is 13.5. The quantitative estimate of drug-likeness (QED) is 0.542. The predicted molar refractivity (Wildman–Crippen MR) is 88.4 cm³/mol. The summed E-state index contributed by atoms with van der Waals surface area (Å²) < 4.78 is 84.4. The molecule has 1 aliphatic rings. The van der Waals surface area contributed by atoms with Gasteiger partial charge in [-0.05, 0) is 25.0 Å². The average Bonchev–Trinajstić information content (AvgIpc) is 2.96. The summed E-state index contributed by atoms with van der Waals surface area (Å²) in [7, 11) is 0. The van der Waals surface area contributed by atoms with E-state index in [1.165, 1.54) is 6.92 Å². The molecule has 0 unspecified atom stereocenters. The summed E-state index contributed by atoms with van der Waals surface area (Å²) in [5, 5.41) is 3.97. The van der Waals surface area contributed by atoms with Crippen LogP contribution in [0.1, 0.15) is 36.5 Å². The Bertz CT molecular complexity index is 977. The number of rotatable bonds is 4. The van der Waals surface area contributed by atoms with Crippen LogP contribution in [0.3, 0.4) is 0 Å². The molecule has 2 aromatic heterocycles. The average molecular weight is 438 g/mol. The fourth-order valence-electron chi connectivity index (χ4n) is 3.34. The smallest absolute Gasteiger partial charge is 0.433 e. The molecule has 0 fully saturated rings. The number of carbonyl (C=O) groups is 1. The molecule has 3 rings (SSSR count). The van der Waals surface area contributed by atoms with Gasteiger partial charge in [-0.3, -0.25) is 9.55 Å². The van der Waals surface area contributed by atoms with Crippen molar-refractivity contribution in [2.24, 2.45) is 5.92 Å². The molecule has 3 heterocycles. The largest absolute Gasteiger partial charge is 0.464 e. The third-order valence-corrected chi connectivity index (χ3v) is 4.68. The Morgan fingerprint density at radius 2 is 1.93 bits per heavy atom. The van der Waals surface area contributed by atoms with Gasteiger partial charge in [-0.25, -0.2) is 14.3 Å². The van der Waals surface area contributed by atoms with Crippen molar-refractivity contribution in [1.82, 2.24) is 19.3 Å². The number of ether oxygens (including phenoxy) is 1. The number of aromatic nitrogens is 4. The van der Waals surface area contributed by atoms with E-state index in [1.54, 1.807) is 0 Å². The molecule has 0 bridgehead atoms. The lowest BCUT2D eigenvalue weighted by Gasteiger charge is -2.31. The molecule has 0 spiro atoms. The Morgan fingerprint density at radius 1 is 1.23 bits per heavy atom. The van der Waals surface area contributed by atoms with Crippen LogP contribution >= 0.6 is 0 Å². The topological polar surface area (TPSA) is 79.0 Å². The molecular weight excluding hydrogens is 422 g/mol. The number of fused-ring (bicyclic) bond motifs is 1. The highest BCUT2D eigenvalue weighted by Gasteiger charge is 2.52. The number of hydrogen-bond donors (Lipinski definition) is 0. The molecule has 0 aromatic carbocycles. The summed E-state index contributed by atoms with van der Waals surface area (Å²) in [4.78, 5) is 28.2. The molecule has 2 atom stereocenters. The summed E-state index contributed by atoms with van der Waals surface area (Å²) >= 11 is 0. The number of halogens is 6. The van der Waals surface area contributed by atoms with E-state index in [4.69, 9.17) is 4.74 Å². The van der Waals surface area contributed by atoms with Crippen LogP contribution in [-0.2, 0) is 28.7 Å². The molecule has 164 valence electrons. The molecule has 1 aliphatic heterocycles. The van der Waals surface area contributed by atoms with Crippen LogP contribution in [-0.4, -0.2) is 38.1 Å². The molecule has 7 nitrogen and oxygen atoms in total. The number of carbonyl (C=O) groups excluding carboxylic acids is 1. The van der Waals surface area contributed by atoms with Crippen molar-refractivity contribution in [3.63, 3.8) is 0 Å². The molecule has 0 saturated heterocycles. The van der Waals surface area contributed by atoms with Crippen molar-refractivity contribution in [1.29, 1.82) is 0 Å². The lowest BCUT2D eigenvalue weighted by Crippen LogP contribution is -2.45. The van der Waals surface area contributed by atoms with Gasteiger partial charge in [0.1, 0.15) is 17.6 Å². The van der Waals surface area contributed by atoms with Gasteiger partial charge in [-0.15, -0.1) is 0 Å². The standard InChI is InChI=1S/C17H16F6N4O3/c1-2-30-14(28)13-10(16(18,19)20)4-6-12-25-26(15(29)27(12)13)8-9-3-5-11(24-7-9)17(21,22)23/h3,5,7,10,13H,2,4,6,8H2,1H3/t10-,13-/m1/s1. The Hall–Kier alpha value is -2.86. The number of alkyl halides is 6. The fourth-order valence-corrected chi connectivity index (χ4v) is 3.34. The molecule has 0 radical (unpaired) electrons. The van der Waals surface area contributed by atoms with E-state index in [2.05, 4.69) is 10.1 Å². The van der Waals surface area contributed by atoms with E-state index in [9.17, 15) is 35.9 Å². The predicted octanol–water partition coefficient (Wildman–Crippen LogP) is 2.74. The molecule has 30 heavy (non-hydrogen) atoms. The highest BCUT2D eigenvalue weighted by molar-refractivity contribution is 5.75. The van der Waals surface area contributed by atoms with Crippen LogP contribution < -0.4 is 5.69 Å². The Labute approximate surface area is 165 Å². The fraction of sp³-hybridized carbons (Fsp3) is 0.529. The molecule has 0 amide bonds. The monoisotopic (exact) mass is 438 g/mol. The third-order valence-electron chi connectivity index (χ3n) is 4.68. The van der Waals surface area contributed by atoms with E-state index < -0.39 is 48.1 Å². The highest BCUT2D eigenvalue weighted by atomic mass is 19.4. The van der Waals surface area contributed by atoms with Crippen molar-refractivity contribution >= 4 is 5.97 Å². The molecular formula is C17H16F6N4O3. The summed E-state index contributed by atoms with van der Waals surface area (Å²) in [6, 6.07) is -0.111. The van der Waals surface area contributed by atoms with E-state index >= 15 is 0 Å². The van der Waals surface area contributed by atoms with Crippen LogP contribution in [0.2, 0.25) is 0 Å². The van der Waals surface area contributed by atoms with E-state index in [0.717, 1.165) is 23.0 Å². The molecule has 0 saturated carbocycles. The first kappa shape index (κ1) is 21.8. The van der Waals surface area contributed by atoms with E-state index in [-0.39, 0.29) is 31.0 Å². The summed E-state index contributed by atoms with van der Waals surface area (Å²) in [5.41, 5.74) is -1.93. The van der Waals surface area contributed by atoms with Crippen molar-refractivity contribution in [2.75, 3.05) is 6.61 Å². The van der Waals surface area contributed by atoms with Crippen LogP contribution in [0.15, 0.2) is 23.1 Å². The second-order valence-electron chi connectivity index (χ2n) is 6.66. The zero-order valence-corrected chi connectivity index (χ0v) is 15.5. The van der Waals surface area contributed by atoms with Gasteiger partial charge in [0.25, 0.3) is 0 Å². The first-order valence-electron chi connectivity index (χ1n) is 8.87. The molecule has 2 aromatic rings. The SMILES string of the molecule is CCOC(=O)[C@H]1[C@H](C(F)(F)F)CCc2nn(Cc3ccc(C(F)(F)F)nc3)c(=O)n21. The van der Waals surface area contributed by atoms with Crippen molar-refractivity contribution in [3.05, 3.63) is 45.9 Å². The molecule has 0 aliphatic carbocycles. The minimum Gasteiger partial charge on any atom is -0.464 e. The molecule has 13 heteroatoms. The second kappa shape index (κ2) is 7.76. The van der Waals surface area contributed by atoms with Gasteiger partial charge in [-0.2, -0.15) is 31.4 Å². The first-order valence-corrected chi connectivity index (χ1v) is 8.87. The summed E-state index contributed by atoms with van der Waals surface area (Å²) in [6.07, 6.45) is -9.13. The van der Waals surface area contributed by atoms with Gasteiger partial charge in [0.2, 0.25) is 0 Å². The Morgan fingerprint density at radius 3 is 2.47 bits per heavy atom. The Kier molecular flexibility index (Phi) is 5.65. The second-order valence-corrected chi connectivity index (χ2v) is 6.66. The van der Waals surface area contributed by atoms with E-state index in [1.807, 2.05) is 0 Å². The number of hydrogen-bond acceptors (Lipinski definition) is 5. The summed E-state index contributed by atoms with van der Waals surface area (Å²) in [5.74, 6) is -3.34. The van der Waals surface area contributed by atoms with Gasteiger partial charge in [0.15, 0.2) is 0 Å². The number of nitrogens with zero attached hydrogens (tertiary/aromatic N) is 4. The number of pyridine rings is 1. The third kappa shape index (κ3) is 4.19. The van der Waals surface area contributed by atoms with Crippen LogP contribution in [0.4, 0.5) is 26.3 Å². The van der Waals surface area contributed by atoms with Gasteiger partial charge < -0.3 is 4.74 Å². The van der Waals surface area contributed by atoms with Gasteiger partial charge in [0.05, 0.1) is 19.1 Å². The Balaban J connectivity index is 1.96. The van der Waals surface area contributed by atoms with E-state index in [0.29, 0.717) is 4.57 Å². The summed E-state index contributed by atoms with van der Waals surface area (Å²) in [6.45, 7) is 0.930. The van der Waals surface area contributed by atoms with Crippen LogP contribution in [0, 0.1) is 5.92 Å². The van der Waals surface area contributed by atoms with Gasteiger partial charge >= 0.3 is 24.0 Å². The normalized spacial score (nSPS) is 19.4. The minimum absolute atomic E-state index is 0.0292. The lowest BCUT2D eigenvalue weighted by atomic mass is 9.90. The minimum atomic E-state index is -4.74. The molecule has 0 N–H and O–H groups in total. The van der Waals surface area contributed by atoms with Gasteiger partial charge in [-0.1, -0.05) is 6.07 Å². The first-order chi connectivity index (χ1) is 13.9.